The molecule has 0 spiro atoms. The number of hydrogen-bond donors (Lipinski definition) is 1. The van der Waals surface area contributed by atoms with Crippen LogP contribution in [0, 0.1) is 13.8 Å². The van der Waals surface area contributed by atoms with E-state index in [1.165, 1.54) is 11.3 Å². The molecule has 0 bridgehead atoms. The van der Waals surface area contributed by atoms with Gasteiger partial charge < -0.3 is 4.74 Å². The van der Waals surface area contributed by atoms with E-state index < -0.39 is 0 Å². The van der Waals surface area contributed by atoms with Crippen LogP contribution in [0.1, 0.15) is 21.7 Å². The molecule has 1 N–H and O–H groups in total. The van der Waals surface area contributed by atoms with Gasteiger partial charge in [0.25, 0.3) is 5.91 Å². The Bertz CT molecular complexity index is 1180. The van der Waals surface area contributed by atoms with Crippen LogP contribution in [-0.2, 0) is 0 Å². The minimum absolute atomic E-state index is 0.238. The van der Waals surface area contributed by atoms with Gasteiger partial charge in [-0.25, -0.2) is 9.97 Å². The Kier molecular flexibility index (Phi) is 4.91. The second kappa shape index (κ2) is 7.37. The zero-order valence-corrected chi connectivity index (χ0v) is 17.9. The van der Waals surface area contributed by atoms with Gasteiger partial charge in [0.2, 0.25) is 0 Å². The van der Waals surface area contributed by atoms with Gasteiger partial charge in [0.05, 0.1) is 23.0 Å². The van der Waals surface area contributed by atoms with Crippen molar-refractivity contribution in [1.82, 2.24) is 14.4 Å². The minimum Gasteiger partial charge on any atom is -0.497 e. The number of nitrogens with zero attached hydrogens (tertiary/aromatic N) is 3. The lowest BCUT2D eigenvalue weighted by molar-refractivity contribution is 0.102. The Morgan fingerprint density at radius 2 is 1.96 bits per heavy atom. The molecule has 1 amide bonds. The predicted octanol–water partition coefficient (Wildman–Crippen LogP) is 5.10. The molecular formula is C20H17BrN4O2S. The van der Waals surface area contributed by atoms with Gasteiger partial charge in [0, 0.05) is 17.1 Å². The van der Waals surface area contributed by atoms with E-state index in [0.29, 0.717) is 22.2 Å². The number of aryl methyl sites for hydroxylation is 2. The summed E-state index contributed by atoms with van der Waals surface area (Å²) in [5.41, 5.74) is 4.67. The van der Waals surface area contributed by atoms with Crippen molar-refractivity contribution in [1.29, 1.82) is 0 Å². The smallest absolute Gasteiger partial charge is 0.276 e. The van der Waals surface area contributed by atoms with Crippen LogP contribution >= 0.6 is 27.3 Å². The van der Waals surface area contributed by atoms with Gasteiger partial charge in [-0.1, -0.05) is 0 Å². The van der Waals surface area contributed by atoms with E-state index >= 15 is 0 Å². The number of thiazole rings is 1. The molecule has 3 aromatic heterocycles. The topological polar surface area (TPSA) is 68.5 Å². The van der Waals surface area contributed by atoms with Crippen LogP contribution in [0.5, 0.6) is 5.75 Å². The predicted molar refractivity (Wildman–Crippen MR) is 114 cm³/mol. The molecule has 1 aromatic carbocycles. The van der Waals surface area contributed by atoms with E-state index in [4.69, 9.17) is 4.74 Å². The largest absolute Gasteiger partial charge is 0.497 e. The highest BCUT2D eigenvalue weighted by molar-refractivity contribution is 9.10. The fraction of sp³-hybridized carbons (Fsp3) is 0.150. The molecule has 0 atom stereocenters. The monoisotopic (exact) mass is 456 g/mol. The molecule has 4 aromatic rings. The first-order valence-corrected chi connectivity index (χ1v) is 10.2. The van der Waals surface area contributed by atoms with E-state index in [1.807, 2.05) is 60.2 Å². The number of pyridine rings is 1. The summed E-state index contributed by atoms with van der Waals surface area (Å²) < 4.78 is 7.84. The number of carbonyl (C=O) groups excluding carboxylic acids is 1. The highest BCUT2D eigenvalue weighted by atomic mass is 79.9. The van der Waals surface area contributed by atoms with Gasteiger partial charge in [-0.15, -0.1) is 11.3 Å². The fourth-order valence-electron chi connectivity index (χ4n) is 3.00. The first kappa shape index (κ1) is 18.6. The zero-order chi connectivity index (χ0) is 19.8. The standard InChI is InChI=1S/C20H17BrN4O2S/c1-11-8-15(21)18-22-12(2)17(25(18)9-11)19(26)24-20-23-16(10-28-20)13-4-6-14(27-3)7-5-13/h4-10H,1-3H3,(H,23,24,26). The summed E-state index contributed by atoms with van der Waals surface area (Å²) in [6.45, 7) is 3.80. The Morgan fingerprint density at radius 3 is 2.68 bits per heavy atom. The minimum atomic E-state index is -0.238. The quantitative estimate of drug-likeness (QED) is 0.463. The van der Waals surface area contributed by atoms with Crippen LogP contribution in [0.25, 0.3) is 16.9 Å². The fourth-order valence-corrected chi connectivity index (χ4v) is 4.36. The van der Waals surface area contributed by atoms with Crippen molar-refractivity contribution in [3.63, 3.8) is 0 Å². The molecule has 8 heteroatoms. The van der Waals surface area contributed by atoms with Crippen molar-refractivity contribution in [3.05, 3.63) is 63.3 Å². The number of benzene rings is 1. The summed E-state index contributed by atoms with van der Waals surface area (Å²) in [5, 5.41) is 5.35. The maximum atomic E-state index is 12.9. The van der Waals surface area contributed by atoms with Crippen LogP contribution in [-0.4, -0.2) is 27.4 Å². The zero-order valence-electron chi connectivity index (χ0n) is 15.5. The number of nitrogens with one attached hydrogen (secondary N) is 1. The molecule has 3 heterocycles. The normalized spacial score (nSPS) is 11.0. The van der Waals surface area contributed by atoms with Crippen LogP contribution in [0.2, 0.25) is 0 Å². The number of imidazole rings is 1. The number of ether oxygens (including phenoxy) is 1. The molecule has 4 rings (SSSR count). The van der Waals surface area contributed by atoms with E-state index in [-0.39, 0.29) is 5.91 Å². The summed E-state index contributed by atoms with van der Waals surface area (Å²) in [7, 11) is 1.63. The SMILES string of the molecule is COc1ccc(-c2csc(NC(=O)c3c(C)nc4c(Br)cc(C)cn34)n2)cc1. The van der Waals surface area contributed by atoms with Gasteiger partial charge in [0.15, 0.2) is 10.8 Å². The van der Waals surface area contributed by atoms with Crippen molar-refractivity contribution < 1.29 is 9.53 Å². The Hall–Kier alpha value is -2.71. The molecule has 0 aliphatic heterocycles. The van der Waals surface area contributed by atoms with Gasteiger partial charge >= 0.3 is 0 Å². The van der Waals surface area contributed by atoms with Crippen molar-refractivity contribution in [3.8, 4) is 17.0 Å². The van der Waals surface area contributed by atoms with Crippen LogP contribution < -0.4 is 10.1 Å². The van der Waals surface area contributed by atoms with Crippen molar-refractivity contribution >= 4 is 44.0 Å². The molecular weight excluding hydrogens is 440 g/mol. The molecule has 28 heavy (non-hydrogen) atoms. The average molecular weight is 457 g/mol. The molecule has 0 unspecified atom stereocenters. The van der Waals surface area contributed by atoms with Crippen molar-refractivity contribution in [2.45, 2.75) is 13.8 Å². The van der Waals surface area contributed by atoms with Crippen molar-refractivity contribution in [2.24, 2.45) is 0 Å². The molecule has 0 fully saturated rings. The first-order chi connectivity index (χ1) is 13.5. The molecule has 0 saturated carbocycles. The van der Waals surface area contributed by atoms with Gasteiger partial charge in [-0.05, 0) is 65.7 Å². The number of hydrogen-bond acceptors (Lipinski definition) is 5. The summed E-state index contributed by atoms with van der Waals surface area (Å²) >= 11 is 4.90. The number of carbonyl (C=O) groups is 1. The van der Waals surface area contributed by atoms with E-state index in [9.17, 15) is 4.79 Å². The Balaban J connectivity index is 1.62. The lowest BCUT2D eigenvalue weighted by atomic mass is 10.2. The average Bonchev–Trinajstić information content (AvgIpc) is 3.26. The van der Waals surface area contributed by atoms with Gasteiger partial charge in [-0.2, -0.15) is 0 Å². The summed E-state index contributed by atoms with van der Waals surface area (Å²) in [5.74, 6) is 0.551. The summed E-state index contributed by atoms with van der Waals surface area (Å²) in [4.78, 5) is 22.0. The third-order valence-corrected chi connectivity index (χ3v) is 5.65. The number of rotatable bonds is 4. The van der Waals surface area contributed by atoms with Crippen LogP contribution in [0.15, 0.2) is 46.4 Å². The number of methoxy groups -OCH3 is 1. The second-order valence-electron chi connectivity index (χ2n) is 6.33. The van der Waals surface area contributed by atoms with Crippen LogP contribution in [0.3, 0.4) is 0 Å². The number of amides is 1. The third kappa shape index (κ3) is 3.41. The number of anilines is 1. The molecule has 0 aliphatic rings. The lowest BCUT2D eigenvalue weighted by Crippen LogP contribution is -2.15. The summed E-state index contributed by atoms with van der Waals surface area (Å²) in [6.07, 6.45) is 1.90. The second-order valence-corrected chi connectivity index (χ2v) is 8.04. The third-order valence-electron chi connectivity index (χ3n) is 4.31. The molecule has 6 nitrogen and oxygen atoms in total. The van der Waals surface area contributed by atoms with Crippen molar-refractivity contribution in [2.75, 3.05) is 12.4 Å². The highest BCUT2D eigenvalue weighted by Gasteiger charge is 2.19. The number of aromatic nitrogens is 3. The highest BCUT2D eigenvalue weighted by Crippen LogP contribution is 2.28. The molecule has 0 aliphatic carbocycles. The Labute approximate surface area is 174 Å². The maximum absolute atomic E-state index is 12.9. The van der Waals surface area contributed by atoms with E-state index in [2.05, 4.69) is 31.2 Å². The molecule has 0 saturated heterocycles. The van der Waals surface area contributed by atoms with Crippen LogP contribution in [0.4, 0.5) is 5.13 Å². The molecule has 0 radical (unpaired) electrons. The first-order valence-electron chi connectivity index (χ1n) is 8.52. The summed E-state index contributed by atoms with van der Waals surface area (Å²) in [6, 6.07) is 9.62. The molecule has 142 valence electrons. The van der Waals surface area contributed by atoms with E-state index in [0.717, 1.165) is 27.0 Å². The Morgan fingerprint density at radius 1 is 1.21 bits per heavy atom. The van der Waals surface area contributed by atoms with Gasteiger partial charge in [0.1, 0.15) is 11.4 Å². The van der Waals surface area contributed by atoms with Gasteiger partial charge in [-0.3, -0.25) is 14.5 Å². The van der Waals surface area contributed by atoms with E-state index in [1.54, 1.807) is 7.11 Å². The number of fused-ring (bicyclic) bond motifs is 1. The maximum Gasteiger partial charge on any atom is 0.276 e. The number of halogens is 1. The lowest BCUT2D eigenvalue weighted by Gasteiger charge is -2.05.